The Morgan fingerprint density at radius 1 is 0.875 bits per heavy atom. The van der Waals surface area contributed by atoms with Gasteiger partial charge in [-0.1, -0.05) is 66.2 Å². The van der Waals surface area contributed by atoms with Crippen LogP contribution in [0.5, 0.6) is 0 Å². The standard InChI is InChI=1S/C22H20ClN/c1-24-14-19-13-18(16-7-10-20(23)11-8-16)9-12-21(19)22(15-24)17-5-3-2-4-6-17/h2-13,22H,14-15H2,1H3/t22-/m0/s1. The van der Waals surface area contributed by atoms with E-state index in [9.17, 15) is 0 Å². The lowest BCUT2D eigenvalue weighted by molar-refractivity contribution is 0.295. The molecule has 1 nitrogen and oxygen atoms in total. The summed E-state index contributed by atoms with van der Waals surface area (Å²) >= 11 is 6.01. The Morgan fingerprint density at radius 3 is 2.33 bits per heavy atom. The Morgan fingerprint density at radius 2 is 1.58 bits per heavy atom. The Kier molecular flexibility index (Phi) is 4.13. The first-order chi connectivity index (χ1) is 11.7. The fraction of sp³-hybridized carbons (Fsp3) is 0.182. The number of fused-ring (bicyclic) bond motifs is 1. The number of hydrogen-bond donors (Lipinski definition) is 0. The first-order valence-corrected chi connectivity index (χ1v) is 8.71. The van der Waals surface area contributed by atoms with Gasteiger partial charge in [0.25, 0.3) is 0 Å². The van der Waals surface area contributed by atoms with Gasteiger partial charge < -0.3 is 4.90 Å². The molecule has 1 atom stereocenters. The van der Waals surface area contributed by atoms with E-state index in [0.717, 1.165) is 18.1 Å². The zero-order valence-electron chi connectivity index (χ0n) is 13.7. The van der Waals surface area contributed by atoms with Crippen LogP contribution in [0.4, 0.5) is 0 Å². The third-order valence-electron chi connectivity index (χ3n) is 4.83. The molecule has 0 aromatic heterocycles. The van der Waals surface area contributed by atoms with Crippen molar-refractivity contribution in [2.45, 2.75) is 12.5 Å². The highest BCUT2D eigenvalue weighted by Crippen LogP contribution is 2.35. The van der Waals surface area contributed by atoms with E-state index in [1.54, 1.807) is 0 Å². The van der Waals surface area contributed by atoms with Gasteiger partial charge in [0.15, 0.2) is 0 Å². The van der Waals surface area contributed by atoms with Gasteiger partial charge in [0.05, 0.1) is 0 Å². The van der Waals surface area contributed by atoms with Gasteiger partial charge in [0.2, 0.25) is 0 Å². The van der Waals surface area contributed by atoms with Crippen LogP contribution in [0.3, 0.4) is 0 Å². The number of benzene rings is 3. The summed E-state index contributed by atoms with van der Waals surface area (Å²) in [5.41, 5.74) is 6.74. The molecule has 1 heterocycles. The van der Waals surface area contributed by atoms with Crippen LogP contribution in [-0.4, -0.2) is 18.5 Å². The van der Waals surface area contributed by atoms with E-state index in [4.69, 9.17) is 11.6 Å². The largest absolute Gasteiger partial charge is 0.301 e. The van der Waals surface area contributed by atoms with Crippen molar-refractivity contribution in [3.05, 3.63) is 94.5 Å². The van der Waals surface area contributed by atoms with Gasteiger partial charge in [-0.25, -0.2) is 0 Å². The molecule has 3 aromatic carbocycles. The number of rotatable bonds is 2. The van der Waals surface area contributed by atoms with E-state index in [2.05, 4.69) is 72.6 Å². The smallest absolute Gasteiger partial charge is 0.0406 e. The molecule has 0 saturated heterocycles. The fourth-order valence-electron chi connectivity index (χ4n) is 3.64. The summed E-state index contributed by atoms with van der Waals surface area (Å²) in [6.45, 7) is 2.07. The van der Waals surface area contributed by atoms with Crippen molar-refractivity contribution in [2.75, 3.05) is 13.6 Å². The summed E-state index contributed by atoms with van der Waals surface area (Å²) in [5, 5.41) is 0.778. The van der Waals surface area contributed by atoms with Gasteiger partial charge in [0, 0.05) is 24.0 Å². The summed E-state index contributed by atoms with van der Waals surface area (Å²) < 4.78 is 0. The van der Waals surface area contributed by atoms with Crippen LogP contribution in [0.15, 0.2) is 72.8 Å². The van der Waals surface area contributed by atoms with Crippen molar-refractivity contribution < 1.29 is 0 Å². The van der Waals surface area contributed by atoms with Gasteiger partial charge in [-0.15, -0.1) is 0 Å². The molecule has 3 aromatic rings. The van der Waals surface area contributed by atoms with Crippen LogP contribution < -0.4 is 0 Å². The van der Waals surface area contributed by atoms with Crippen LogP contribution in [0.2, 0.25) is 5.02 Å². The maximum Gasteiger partial charge on any atom is 0.0406 e. The molecule has 0 fully saturated rings. The monoisotopic (exact) mass is 333 g/mol. The van der Waals surface area contributed by atoms with Crippen molar-refractivity contribution in [1.29, 1.82) is 0 Å². The van der Waals surface area contributed by atoms with E-state index >= 15 is 0 Å². The number of nitrogens with zero attached hydrogens (tertiary/aromatic N) is 1. The number of halogens is 1. The van der Waals surface area contributed by atoms with Crippen LogP contribution in [0, 0.1) is 0 Å². The zero-order chi connectivity index (χ0) is 16.5. The lowest BCUT2D eigenvalue weighted by atomic mass is 9.83. The first-order valence-electron chi connectivity index (χ1n) is 8.33. The minimum atomic E-state index is 0.444. The van der Waals surface area contributed by atoms with Crippen molar-refractivity contribution >= 4 is 11.6 Å². The maximum atomic E-state index is 6.01. The summed E-state index contributed by atoms with van der Waals surface area (Å²) in [6.07, 6.45) is 0. The molecule has 120 valence electrons. The van der Waals surface area contributed by atoms with Crippen LogP contribution in [0.1, 0.15) is 22.6 Å². The SMILES string of the molecule is CN1Cc2cc(-c3ccc(Cl)cc3)ccc2[C@H](c2ccccc2)C1. The highest BCUT2D eigenvalue weighted by molar-refractivity contribution is 6.30. The normalized spacial score (nSPS) is 17.5. The van der Waals surface area contributed by atoms with Gasteiger partial charge in [-0.05, 0) is 53.1 Å². The van der Waals surface area contributed by atoms with E-state index in [1.807, 2.05) is 12.1 Å². The topological polar surface area (TPSA) is 3.24 Å². The molecule has 1 aliphatic rings. The summed E-state index contributed by atoms with van der Waals surface area (Å²) in [7, 11) is 2.20. The Hall–Kier alpha value is -2.09. The molecule has 24 heavy (non-hydrogen) atoms. The summed E-state index contributed by atoms with van der Waals surface area (Å²) in [5.74, 6) is 0.444. The molecular formula is C22H20ClN. The average Bonchev–Trinajstić information content (AvgIpc) is 2.62. The molecule has 0 aliphatic carbocycles. The predicted octanol–water partition coefficient (Wildman–Crippen LogP) is 5.58. The molecule has 0 spiro atoms. The zero-order valence-corrected chi connectivity index (χ0v) is 14.5. The van der Waals surface area contributed by atoms with Crippen molar-refractivity contribution in [1.82, 2.24) is 4.90 Å². The lowest BCUT2D eigenvalue weighted by Gasteiger charge is -2.33. The highest BCUT2D eigenvalue weighted by Gasteiger charge is 2.24. The minimum absolute atomic E-state index is 0.444. The van der Waals surface area contributed by atoms with E-state index in [0.29, 0.717) is 5.92 Å². The van der Waals surface area contributed by atoms with Crippen molar-refractivity contribution in [3.63, 3.8) is 0 Å². The van der Waals surface area contributed by atoms with Gasteiger partial charge in [-0.3, -0.25) is 0 Å². The molecule has 2 heteroatoms. The highest BCUT2D eigenvalue weighted by atomic mass is 35.5. The molecule has 0 radical (unpaired) electrons. The van der Waals surface area contributed by atoms with Gasteiger partial charge >= 0.3 is 0 Å². The number of hydrogen-bond acceptors (Lipinski definition) is 1. The fourth-order valence-corrected chi connectivity index (χ4v) is 3.77. The van der Waals surface area contributed by atoms with Crippen molar-refractivity contribution in [3.8, 4) is 11.1 Å². The van der Waals surface area contributed by atoms with E-state index in [-0.39, 0.29) is 0 Å². The Labute approximate surface area is 148 Å². The molecule has 0 bridgehead atoms. The first kappa shape index (κ1) is 15.4. The van der Waals surface area contributed by atoms with Gasteiger partial charge in [-0.2, -0.15) is 0 Å². The quantitative estimate of drug-likeness (QED) is 0.591. The van der Waals surface area contributed by atoms with Crippen LogP contribution >= 0.6 is 11.6 Å². The lowest BCUT2D eigenvalue weighted by Crippen LogP contribution is -2.30. The number of likely N-dealkylation sites (N-methyl/N-ethyl adjacent to an activating group) is 1. The molecule has 0 N–H and O–H groups in total. The second kappa shape index (κ2) is 6.43. The summed E-state index contributed by atoms with van der Waals surface area (Å²) in [4.78, 5) is 2.41. The van der Waals surface area contributed by atoms with Crippen molar-refractivity contribution in [2.24, 2.45) is 0 Å². The average molecular weight is 334 g/mol. The molecule has 0 amide bonds. The maximum absolute atomic E-state index is 6.01. The molecule has 0 saturated carbocycles. The molecule has 1 aliphatic heterocycles. The minimum Gasteiger partial charge on any atom is -0.301 e. The second-order valence-electron chi connectivity index (χ2n) is 6.58. The van der Waals surface area contributed by atoms with Crippen LogP contribution in [-0.2, 0) is 6.54 Å². The molecular weight excluding hydrogens is 314 g/mol. The van der Waals surface area contributed by atoms with E-state index < -0.39 is 0 Å². The van der Waals surface area contributed by atoms with Gasteiger partial charge in [0.1, 0.15) is 0 Å². The third-order valence-corrected chi connectivity index (χ3v) is 5.08. The predicted molar refractivity (Wildman–Crippen MR) is 102 cm³/mol. The second-order valence-corrected chi connectivity index (χ2v) is 7.02. The Balaban J connectivity index is 1.76. The third kappa shape index (κ3) is 2.98. The van der Waals surface area contributed by atoms with Crippen LogP contribution in [0.25, 0.3) is 11.1 Å². The molecule has 0 unspecified atom stereocenters. The molecule has 4 rings (SSSR count). The summed E-state index contributed by atoms with van der Waals surface area (Å²) in [6, 6.07) is 25.8. The Bertz CT molecular complexity index is 840. The van der Waals surface area contributed by atoms with E-state index in [1.165, 1.54) is 27.8 Å².